The number of hydrogen-bond acceptors (Lipinski definition) is 2. The average Bonchev–Trinajstić information content (AvgIpc) is 1.83. The highest BCUT2D eigenvalue weighted by molar-refractivity contribution is 4.94. The van der Waals surface area contributed by atoms with Gasteiger partial charge in [0, 0.05) is 0 Å². The molecule has 0 radical (unpaired) electrons. The van der Waals surface area contributed by atoms with Crippen LogP contribution in [0.2, 0.25) is 0 Å². The first-order valence-electron chi connectivity index (χ1n) is 3.09. The first kappa shape index (κ1) is 6.05. The Morgan fingerprint density at radius 1 is 1.75 bits per heavy atom. The monoisotopic (exact) mass is 116 g/mol. The van der Waals surface area contributed by atoms with Crippen LogP contribution in [0.1, 0.15) is 26.2 Å². The number of aliphatic hydroxyl groups is 2. The van der Waals surface area contributed by atoms with Crippen molar-refractivity contribution in [1.82, 2.24) is 0 Å². The van der Waals surface area contributed by atoms with E-state index in [4.69, 9.17) is 5.11 Å². The Kier molecular flexibility index (Phi) is 1.29. The Morgan fingerprint density at radius 3 is 2.38 bits per heavy atom. The molecule has 2 N–H and O–H groups in total. The lowest BCUT2D eigenvalue weighted by Crippen LogP contribution is -2.50. The van der Waals surface area contributed by atoms with Gasteiger partial charge in [-0.15, -0.1) is 0 Å². The van der Waals surface area contributed by atoms with Gasteiger partial charge in [0.15, 0.2) is 0 Å². The fraction of sp³-hybridized carbons (Fsp3) is 1.00. The summed E-state index contributed by atoms with van der Waals surface area (Å²) in [7, 11) is 0. The second-order valence-corrected chi connectivity index (χ2v) is 2.51. The Bertz CT molecular complexity index is 88.5. The fourth-order valence-electron chi connectivity index (χ4n) is 1.02. The van der Waals surface area contributed by atoms with Gasteiger partial charge in [-0.2, -0.15) is 0 Å². The van der Waals surface area contributed by atoms with Crippen LogP contribution in [0.4, 0.5) is 0 Å². The lowest BCUT2D eigenvalue weighted by molar-refractivity contribution is -0.145. The van der Waals surface area contributed by atoms with E-state index in [2.05, 4.69) is 0 Å². The van der Waals surface area contributed by atoms with Gasteiger partial charge >= 0.3 is 0 Å². The van der Waals surface area contributed by atoms with Gasteiger partial charge in [-0.25, -0.2) is 0 Å². The summed E-state index contributed by atoms with van der Waals surface area (Å²) in [6, 6.07) is 0. The largest absolute Gasteiger partial charge is 0.390 e. The van der Waals surface area contributed by atoms with Gasteiger partial charge in [0.25, 0.3) is 0 Å². The highest BCUT2D eigenvalue weighted by atomic mass is 16.3. The van der Waals surface area contributed by atoms with Crippen LogP contribution in [0.25, 0.3) is 0 Å². The summed E-state index contributed by atoms with van der Waals surface area (Å²) in [5.41, 5.74) is -0.722. The van der Waals surface area contributed by atoms with Crippen LogP contribution < -0.4 is 0 Å². The van der Waals surface area contributed by atoms with Gasteiger partial charge in [0.1, 0.15) is 0 Å². The fourth-order valence-corrected chi connectivity index (χ4v) is 1.02. The third kappa shape index (κ3) is 0.644. The van der Waals surface area contributed by atoms with E-state index < -0.39 is 11.7 Å². The molecule has 0 aromatic heterocycles. The normalized spacial score (nSPS) is 46.1. The van der Waals surface area contributed by atoms with E-state index in [-0.39, 0.29) is 0 Å². The van der Waals surface area contributed by atoms with Gasteiger partial charge in [0.2, 0.25) is 0 Å². The molecule has 1 aliphatic rings. The topological polar surface area (TPSA) is 40.5 Å². The molecule has 0 spiro atoms. The minimum absolute atomic E-state index is 0.451. The zero-order valence-electron chi connectivity index (χ0n) is 5.09. The van der Waals surface area contributed by atoms with Gasteiger partial charge in [0.05, 0.1) is 11.7 Å². The Morgan fingerprint density at radius 2 is 2.38 bits per heavy atom. The maximum Gasteiger partial charge on any atom is 0.0903 e. The molecule has 0 aromatic carbocycles. The molecular formula is C6H12O2. The maximum absolute atomic E-state index is 9.24. The molecule has 0 bridgehead atoms. The predicted octanol–water partition coefficient (Wildman–Crippen LogP) is 0.282. The Labute approximate surface area is 49.1 Å². The molecule has 1 saturated carbocycles. The SMILES string of the molecule is CC[C@]1(O)CC[C@@H]1O. The summed E-state index contributed by atoms with van der Waals surface area (Å²) in [6.07, 6.45) is 1.76. The molecule has 0 aliphatic heterocycles. The van der Waals surface area contributed by atoms with E-state index in [1.807, 2.05) is 6.92 Å². The van der Waals surface area contributed by atoms with Crippen LogP contribution in [0.5, 0.6) is 0 Å². The summed E-state index contributed by atoms with van der Waals surface area (Å²) in [5, 5.41) is 18.2. The van der Waals surface area contributed by atoms with Crippen molar-refractivity contribution in [2.75, 3.05) is 0 Å². The lowest BCUT2D eigenvalue weighted by Gasteiger charge is -2.41. The first-order valence-corrected chi connectivity index (χ1v) is 3.09. The molecule has 2 heteroatoms. The second kappa shape index (κ2) is 1.71. The molecule has 0 saturated heterocycles. The van der Waals surface area contributed by atoms with Crippen LogP contribution in [-0.4, -0.2) is 21.9 Å². The molecule has 1 aliphatic carbocycles. The van der Waals surface area contributed by atoms with Crippen molar-refractivity contribution in [2.45, 2.75) is 37.9 Å². The molecule has 1 rings (SSSR count). The van der Waals surface area contributed by atoms with E-state index in [9.17, 15) is 5.11 Å². The highest BCUT2D eigenvalue weighted by Gasteiger charge is 2.42. The summed E-state index contributed by atoms with van der Waals surface area (Å²) in [6.45, 7) is 1.89. The van der Waals surface area contributed by atoms with Crippen LogP contribution in [0.15, 0.2) is 0 Å². The molecule has 2 atom stereocenters. The van der Waals surface area contributed by atoms with Crippen LogP contribution in [-0.2, 0) is 0 Å². The van der Waals surface area contributed by atoms with Crippen LogP contribution in [0, 0.1) is 0 Å². The molecule has 0 heterocycles. The zero-order valence-corrected chi connectivity index (χ0v) is 5.09. The molecule has 2 nitrogen and oxygen atoms in total. The van der Waals surface area contributed by atoms with Crippen molar-refractivity contribution in [1.29, 1.82) is 0 Å². The van der Waals surface area contributed by atoms with Crippen LogP contribution >= 0.6 is 0 Å². The molecule has 48 valence electrons. The second-order valence-electron chi connectivity index (χ2n) is 2.51. The Balaban J connectivity index is 2.42. The summed E-state index contributed by atoms with van der Waals surface area (Å²) >= 11 is 0. The highest BCUT2D eigenvalue weighted by Crippen LogP contribution is 2.34. The maximum atomic E-state index is 9.24. The number of hydrogen-bond donors (Lipinski definition) is 2. The molecule has 0 aromatic rings. The van der Waals surface area contributed by atoms with Crippen LogP contribution in [0.3, 0.4) is 0 Å². The van der Waals surface area contributed by atoms with Crippen molar-refractivity contribution >= 4 is 0 Å². The van der Waals surface area contributed by atoms with Gasteiger partial charge in [-0.1, -0.05) is 6.92 Å². The minimum Gasteiger partial charge on any atom is -0.390 e. The van der Waals surface area contributed by atoms with Gasteiger partial charge < -0.3 is 10.2 Å². The lowest BCUT2D eigenvalue weighted by atomic mass is 9.75. The van der Waals surface area contributed by atoms with E-state index in [1.54, 1.807) is 0 Å². The quantitative estimate of drug-likeness (QED) is 0.516. The van der Waals surface area contributed by atoms with Crippen molar-refractivity contribution in [3.05, 3.63) is 0 Å². The number of rotatable bonds is 1. The standard InChI is InChI=1S/C6H12O2/c1-2-6(8)4-3-5(6)7/h5,7-8H,2-4H2,1H3/t5-,6-/m0/s1. The molecule has 0 amide bonds. The third-order valence-electron chi connectivity index (χ3n) is 2.08. The van der Waals surface area contributed by atoms with Crippen molar-refractivity contribution in [3.63, 3.8) is 0 Å². The van der Waals surface area contributed by atoms with Gasteiger partial charge in [-0.05, 0) is 19.3 Å². The predicted molar refractivity (Wildman–Crippen MR) is 30.5 cm³/mol. The van der Waals surface area contributed by atoms with Crippen molar-refractivity contribution in [3.8, 4) is 0 Å². The smallest absolute Gasteiger partial charge is 0.0903 e. The molecule has 1 fully saturated rings. The summed E-state index contributed by atoms with van der Waals surface area (Å²) in [5.74, 6) is 0. The summed E-state index contributed by atoms with van der Waals surface area (Å²) in [4.78, 5) is 0. The van der Waals surface area contributed by atoms with E-state index in [0.29, 0.717) is 6.42 Å². The minimum atomic E-state index is -0.722. The molecular weight excluding hydrogens is 104 g/mol. The molecule has 8 heavy (non-hydrogen) atoms. The average molecular weight is 116 g/mol. The molecule has 0 unspecified atom stereocenters. The first-order chi connectivity index (χ1) is 3.69. The van der Waals surface area contributed by atoms with Crippen molar-refractivity contribution < 1.29 is 10.2 Å². The summed E-state index contributed by atoms with van der Waals surface area (Å²) < 4.78 is 0. The Hall–Kier alpha value is -0.0800. The van der Waals surface area contributed by atoms with E-state index >= 15 is 0 Å². The van der Waals surface area contributed by atoms with E-state index in [1.165, 1.54) is 0 Å². The van der Waals surface area contributed by atoms with E-state index in [0.717, 1.165) is 12.8 Å². The third-order valence-corrected chi connectivity index (χ3v) is 2.08. The number of aliphatic hydroxyl groups excluding tert-OH is 1. The zero-order chi connectivity index (χ0) is 6.20. The van der Waals surface area contributed by atoms with Gasteiger partial charge in [-0.3, -0.25) is 0 Å². The van der Waals surface area contributed by atoms with Crippen molar-refractivity contribution in [2.24, 2.45) is 0 Å².